The Balaban J connectivity index is 1.29. The molecule has 0 saturated heterocycles. The van der Waals surface area contributed by atoms with E-state index >= 15 is 0 Å². The lowest BCUT2D eigenvalue weighted by Gasteiger charge is -2.52. The smallest absolute Gasteiger partial charge is 0.408 e. The van der Waals surface area contributed by atoms with E-state index in [-0.39, 0.29) is 29.7 Å². The number of aromatic nitrogens is 2. The highest BCUT2D eigenvalue weighted by Gasteiger charge is 2.53. The minimum atomic E-state index is -0.899. The number of hydrogen-bond donors (Lipinski definition) is 4. The van der Waals surface area contributed by atoms with Crippen molar-refractivity contribution in [3.63, 3.8) is 0 Å². The van der Waals surface area contributed by atoms with E-state index in [1.165, 1.54) is 0 Å². The van der Waals surface area contributed by atoms with Crippen molar-refractivity contribution in [2.75, 3.05) is 5.32 Å². The Kier molecular flexibility index (Phi) is 10.8. The van der Waals surface area contributed by atoms with Crippen LogP contribution in [-0.4, -0.2) is 50.5 Å². The van der Waals surface area contributed by atoms with Crippen LogP contribution < -0.4 is 16.0 Å². The van der Waals surface area contributed by atoms with Gasteiger partial charge in [0.05, 0.1) is 11.1 Å². The van der Waals surface area contributed by atoms with Crippen LogP contribution >= 0.6 is 0 Å². The Bertz CT molecular complexity index is 1620. The van der Waals surface area contributed by atoms with Gasteiger partial charge in [0.1, 0.15) is 11.3 Å². The van der Waals surface area contributed by atoms with Gasteiger partial charge in [0.15, 0.2) is 5.82 Å². The van der Waals surface area contributed by atoms with Crippen LogP contribution in [0.3, 0.4) is 0 Å². The second-order valence-electron chi connectivity index (χ2n) is 15.3. The Morgan fingerprint density at radius 1 is 0.959 bits per heavy atom. The molecule has 0 spiro atoms. The van der Waals surface area contributed by atoms with Crippen molar-refractivity contribution in [1.29, 1.82) is 0 Å². The summed E-state index contributed by atoms with van der Waals surface area (Å²) in [5.41, 5.74) is 1.79. The van der Waals surface area contributed by atoms with Crippen LogP contribution in [0.1, 0.15) is 98.5 Å². The maximum absolute atomic E-state index is 13.1. The first-order valence-electron chi connectivity index (χ1n) is 17.5. The molecule has 262 valence electrons. The molecule has 2 fully saturated rings. The van der Waals surface area contributed by atoms with Crippen molar-refractivity contribution in [1.82, 2.24) is 20.8 Å². The molecule has 1 unspecified atom stereocenters. The Labute approximate surface area is 289 Å². The topological polar surface area (TPSA) is 143 Å². The highest BCUT2D eigenvalue weighted by Crippen LogP contribution is 2.48. The molecule has 1 heterocycles. The van der Waals surface area contributed by atoms with E-state index in [1.54, 1.807) is 6.92 Å². The van der Waals surface area contributed by atoms with Gasteiger partial charge < -0.3 is 25.8 Å². The molecule has 2 aliphatic carbocycles. The fourth-order valence-electron chi connectivity index (χ4n) is 7.06. The summed E-state index contributed by atoms with van der Waals surface area (Å²) in [6.07, 6.45) is 4.94. The Morgan fingerprint density at radius 2 is 1.61 bits per heavy atom. The van der Waals surface area contributed by atoms with Crippen LogP contribution in [0.5, 0.6) is 0 Å². The molecule has 10 nitrogen and oxygen atoms in total. The molecule has 0 aliphatic heterocycles. The van der Waals surface area contributed by atoms with E-state index in [4.69, 9.17) is 4.74 Å². The lowest BCUT2D eigenvalue weighted by molar-refractivity contribution is -0.125. The number of amides is 3. The molecule has 5 rings (SSSR count). The first-order valence-corrected chi connectivity index (χ1v) is 17.5. The standard InChI is InChI=1S/C39H51N5O5/c1-7-25(2)35(46)40-30-19-13-26(14-20-30)21-33(45)41-32-22-31(27-11-9-8-10-12-27)34(44-43-32)28-15-17-29(18-16-28)39(23-38(6,48)24-39)42-36(47)49-37(3,4)5/h8-12,15-18,22,25-26,30,48H,7,13-14,19-21,23-24H2,1-6H3,(H,40,46)(H,42,47)(H,41,43,45). The number of nitrogens with zero attached hydrogens (tertiary/aromatic N) is 2. The summed E-state index contributed by atoms with van der Waals surface area (Å²) in [7, 11) is 0. The normalized spacial score (nSPS) is 24.2. The average molecular weight is 670 g/mol. The quantitative estimate of drug-likeness (QED) is 0.180. The van der Waals surface area contributed by atoms with Crippen molar-refractivity contribution >= 4 is 23.7 Å². The summed E-state index contributed by atoms with van der Waals surface area (Å²) >= 11 is 0. The number of hydrogen-bond acceptors (Lipinski definition) is 7. The van der Waals surface area contributed by atoms with Gasteiger partial charge in [-0.05, 0) is 82.9 Å². The summed E-state index contributed by atoms with van der Waals surface area (Å²) in [5, 5.41) is 28.8. The maximum atomic E-state index is 13.1. The molecule has 49 heavy (non-hydrogen) atoms. The Morgan fingerprint density at radius 3 is 2.20 bits per heavy atom. The SMILES string of the molecule is CCC(C)C(=O)NC1CCC(CC(=O)Nc2cc(-c3ccccc3)c(-c3ccc(C4(NC(=O)OC(C)(C)C)CC(C)(O)C4)cc3)nn2)CC1. The summed E-state index contributed by atoms with van der Waals surface area (Å²) < 4.78 is 5.53. The van der Waals surface area contributed by atoms with Crippen LogP contribution in [0, 0.1) is 11.8 Å². The van der Waals surface area contributed by atoms with Gasteiger partial charge in [-0.25, -0.2) is 4.79 Å². The number of carbonyl (C=O) groups is 3. The summed E-state index contributed by atoms with van der Waals surface area (Å²) in [6.45, 7) is 11.2. The summed E-state index contributed by atoms with van der Waals surface area (Å²) in [5.74, 6) is 0.668. The molecular formula is C39H51N5O5. The first-order chi connectivity index (χ1) is 23.1. The number of alkyl carbamates (subject to hydrolysis) is 1. The number of benzene rings is 2. The number of nitrogens with one attached hydrogen (secondary N) is 3. The second kappa shape index (κ2) is 14.7. The van der Waals surface area contributed by atoms with Crippen LogP contribution in [0.2, 0.25) is 0 Å². The zero-order chi connectivity index (χ0) is 35.4. The molecular weight excluding hydrogens is 618 g/mol. The molecule has 2 saturated carbocycles. The lowest BCUT2D eigenvalue weighted by Crippen LogP contribution is -2.62. The van der Waals surface area contributed by atoms with Crippen molar-refractivity contribution < 1.29 is 24.2 Å². The fraction of sp³-hybridized carbons (Fsp3) is 0.513. The highest BCUT2D eigenvalue weighted by atomic mass is 16.6. The number of anilines is 1. The van der Waals surface area contributed by atoms with Gasteiger partial charge in [0.2, 0.25) is 11.8 Å². The summed E-state index contributed by atoms with van der Waals surface area (Å²) in [6, 6.07) is 19.7. The average Bonchev–Trinajstić information content (AvgIpc) is 3.03. The molecule has 3 amide bonds. The largest absolute Gasteiger partial charge is 0.444 e. The number of aliphatic hydroxyl groups is 1. The molecule has 3 aromatic rings. The summed E-state index contributed by atoms with van der Waals surface area (Å²) in [4.78, 5) is 38.2. The van der Waals surface area contributed by atoms with Crippen molar-refractivity contribution in [3.8, 4) is 22.4 Å². The monoisotopic (exact) mass is 669 g/mol. The fourth-order valence-corrected chi connectivity index (χ4v) is 7.06. The number of rotatable bonds is 10. The van der Waals surface area contributed by atoms with Gasteiger partial charge in [-0.1, -0.05) is 68.4 Å². The predicted molar refractivity (Wildman–Crippen MR) is 190 cm³/mol. The number of ether oxygens (including phenoxy) is 1. The van der Waals surface area contributed by atoms with Crippen LogP contribution in [-0.2, 0) is 19.9 Å². The molecule has 0 radical (unpaired) electrons. The molecule has 4 N–H and O–H groups in total. The van der Waals surface area contributed by atoms with Crippen molar-refractivity contribution in [2.24, 2.45) is 11.8 Å². The molecule has 2 aliphatic rings. The lowest BCUT2D eigenvalue weighted by atomic mass is 9.62. The van der Waals surface area contributed by atoms with Crippen LogP contribution in [0.15, 0.2) is 60.7 Å². The zero-order valence-electron chi connectivity index (χ0n) is 29.6. The molecule has 1 atom stereocenters. The minimum Gasteiger partial charge on any atom is -0.444 e. The van der Waals surface area contributed by atoms with E-state index in [9.17, 15) is 19.5 Å². The highest BCUT2D eigenvalue weighted by molar-refractivity contribution is 5.91. The number of carbonyl (C=O) groups excluding carboxylic acids is 3. The third-order valence-corrected chi connectivity index (χ3v) is 9.69. The zero-order valence-corrected chi connectivity index (χ0v) is 29.6. The minimum absolute atomic E-state index is 0.0161. The molecule has 10 heteroatoms. The van der Waals surface area contributed by atoms with Gasteiger partial charge in [0, 0.05) is 42.3 Å². The Hall–Kier alpha value is -4.31. The molecule has 2 aromatic carbocycles. The third-order valence-electron chi connectivity index (χ3n) is 9.69. The maximum Gasteiger partial charge on any atom is 0.408 e. The van der Waals surface area contributed by atoms with Crippen molar-refractivity contribution in [3.05, 3.63) is 66.2 Å². The second-order valence-corrected chi connectivity index (χ2v) is 15.3. The van der Waals surface area contributed by atoms with Crippen molar-refractivity contribution in [2.45, 2.75) is 116 Å². The van der Waals surface area contributed by atoms with E-state index in [2.05, 4.69) is 26.1 Å². The van der Waals surface area contributed by atoms with Gasteiger partial charge in [-0.2, -0.15) is 0 Å². The predicted octanol–water partition coefficient (Wildman–Crippen LogP) is 7.13. The van der Waals surface area contributed by atoms with E-state index in [0.717, 1.165) is 54.4 Å². The van der Waals surface area contributed by atoms with Gasteiger partial charge >= 0.3 is 6.09 Å². The van der Waals surface area contributed by atoms with Gasteiger partial charge in [-0.3, -0.25) is 9.59 Å². The molecule has 0 bridgehead atoms. The van der Waals surface area contributed by atoms with Crippen LogP contribution in [0.25, 0.3) is 22.4 Å². The van der Waals surface area contributed by atoms with E-state index in [0.29, 0.717) is 30.8 Å². The van der Waals surface area contributed by atoms with Crippen LogP contribution in [0.4, 0.5) is 10.6 Å². The molecule has 1 aromatic heterocycles. The van der Waals surface area contributed by atoms with E-state index in [1.807, 2.05) is 95.3 Å². The first kappa shape index (κ1) is 36.0. The van der Waals surface area contributed by atoms with Gasteiger partial charge in [0.25, 0.3) is 0 Å². The van der Waals surface area contributed by atoms with Gasteiger partial charge in [-0.15, -0.1) is 10.2 Å². The van der Waals surface area contributed by atoms with E-state index < -0.39 is 22.8 Å². The third kappa shape index (κ3) is 9.23.